The minimum atomic E-state index is -0.520. The topological polar surface area (TPSA) is 47.6 Å². The van der Waals surface area contributed by atoms with Crippen molar-refractivity contribution in [3.63, 3.8) is 0 Å². The number of nitrogens with one attached hydrogen (secondary N) is 1. The van der Waals surface area contributed by atoms with Gasteiger partial charge in [-0.25, -0.2) is 0 Å². The molecule has 1 unspecified atom stereocenters. The maximum absolute atomic E-state index is 11.9. The lowest BCUT2D eigenvalue weighted by molar-refractivity contribution is -0.127. The first kappa shape index (κ1) is 15.3. The van der Waals surface area contributed by atoms with Gasteiger partial charge in [-0.2, -0.15) is 0 Å². The van der Waals surface area contributed by atoms with E-state index in [0.717, 1.165) is 17.2 Å². The number of methoxy groups -OCH3 is 1. The summed E-state index contributed by atoms with van der Waals surface area (Å²) < 4.78 is 10.6. The van der Waals surface area contributed by atoms with Gasteiger partial charge in [-0.1, -0.05) is 30.3 Å². The lowest BCUT2D eigenvalue weighted by Gasteiger charge is -2.15. The molecule has 2 rings (SSSR count). The van der Waals surface area contributed by atoms with Gasteiger partial charge in [-0.3, -0.25) is 4.79 Å². The van der Waals surface area contributed by atoms with Crippen molar-refractivity contribution in [2.24, 2.45) is 0 Å². The molecule has 4 nitrogen and oxygen atoms in total. The SMILES string of the molecule is COCCCNC(=O)C(C)Oc1ccc2ccccc2c1. The van der Waals surface area contributed by atoms with Gasteiger partial charge in [-0.05, 0) is 36.2 Å². The standard InChI is InChI=1S/C17H21NO3/c1-13(17(19)18-10-5-11-20-2)21-16-9-8-14-6-3-4-7-15(14)12-16/h3-4,6-9,12-13H,5,10-11H2,1-2H3,(H,18,19). The summed E-state index contributed by atoms with van der Waals surface area (Å²) >= 11 is 0. The number of hydrogen-bond donors (Lipinski definition) is 1. The molecule has 4 heteroatoms. The fraction of sp³-hybridized carbons (Fsp3) is 0.353. The predicted molar refractivity (Wildman–Crippen MR) is 83.5 cm³/mol. The van der Waals surface area contributed by atoms with Crippen molar-refractivity contribution in [1.29, 1.82) is 0 Å². The minimum absolute atomic E-state index is 0.112. The number of hydrogen-bond acceptors (Lipinski definition) is 3. The Morgan fingerprint density at radius 3 is 2.71 bits per heavy atom. The molecule has 0 saturated carbocycles. The highest BCUT2D eigenvalue weighted by atomic mass is 16.5. The van der Waals surface area contributed by atoms with Crippen molar-refractivity contribution in [2.75, 3.05) is 20.3 Å². The second kappa shape index (κ2) is 7.64. The minimum Gasteiger partial charge on any atom is -0.481 e. The van der Waals surface area contributed by atoms with Crippen LogP contribution in [0, 0.1) is 0 Å². The van der Waals surface area contributed by atoms with Crippen LogP contribution >= 0.6 is 0 Å². The molecule has 1 N–H and O–H groups in total. The van der Waals surface area contributed by atoms with Crippen LogP contribution < -0.4 is 10.1 Å². The highest BCUT2D eigenvalue weighted by Gasteiger charge is 2.13. The zero-order valence-corrected chi connectivity index (χ0v) is 12.5. The molecule has 1 atom stereocenters. The number of rotatable bonds is 7. The van der Waals surface area contributed by atoms with Crippen molar-refractivity contribution < 1.29 is 14.3 Å². The average molecular weight is 287 g/mol. The number of ether oxygens (including phenoxy) is 2. The number of benzene rings is 2. The first-order valence-electron chi connectivity index (χ1n) is 7.13. The molecule has 0 spiro atoms. The maximum atomic E-state index is 11.9. The molecule has 1 amide bonds. The molecule has 21 heavy (non-hydrogen) atoms. The highest BCUT2D eigenvalue weighted by Crippen LogP contribution is 2.21. The van der Waals surface area contributed by atoms with Gasteiger partial charge >= 0.3 is 0 Å². The van der Waals surface area contributed by atoms with Gasteiger partial charge in [0, 0.05) is 20.3 Å². The Kier molecular flexibility index (Phi) is 5.58. The Labute approximate surface area is 125 Å². The molecule has 0 aromatic heterocycles. The van der Waals surface area contributed by atoms with Crippen LogP contribution in [0.3, 0.4) is 0 Å². The number of amides is 1. The van der Waals surface area contributed by atoms with Gasteiger partial charge in [0.15, 0.2) is 6.10 Å². The molecule has 0 fully saturated rings. The second-order valence-electron chi connectivity index (χ2n) is 4.91. The van der Waals surface area contributed by atoms with E-state index in [-0.39, 0.29) is 5.91 Å². The average Bonchev–Trinajstić information content (AvgIpc) is 2.51. The van der Waals surface area contributed by atoms with Crippen LogP contribution in [0.1, 0.15) is 13.3 Å². The van der Waals surface area contributed by atoms with Crippen LogP contribution in [0.25, 0.3) is 10.8 Å². The molecule has 0 radical (unpaired) electrons. The van der Waals surface area contributed by atoms with E-state index in [0.29, 0.717) is 18.9 Å². The van der Waals surface area contributed by atoms with Gasteiger partial charge < -0.3 is 14.8 Å². The Balaban J connectivity index is 1.91. The molecule has 2 aromatic carbocycles. The van der Waals surface area contributed by atoms with E-state index >= 15 is 0 Å². The first-order chi connectivity index (χ1) is 10.2. The third kappa shape index (κ3) is 4.46. The first-order valence-corrected chi connectivity index (χ1v) is 7.13. The fourth-order valence-electron chi connectivity index (χ4n) is 2.07. The lowest BCUT2D eigenvalue weighted by Crippen LogP contribution is -2.37. The lowest BCUT2D eigenvalue weighted by atomic mass is 10.1. The molecule has 0 aliphatic carbocycles. The zero-order chi connectivity index (χ0) is 15.1. The monoisotopic (exact) mass is 287 g/mol. The Morgan fingerprint density at radius 1 is 1.19 bits per heavy atom. The summed E-state index contributed by atoms with van der Waals surface area (Å²) in [6, 6.07) is 13.9. The van der Waals surface area contributed by atoms with Gasteiger partial charge in [0.05, 0.1) is 0 Å². The van der Waals surface area contributed by atoms with Gasteiger partial charge in [0.25, 0.3) is 5.91 Å². The molecule has 2 aromatic rings. The van der Waals surface area contributed by atoms with Crippen LogP contribution in [-0.2, 0) is 9.53 Å². The molecular formula is C17H21NO3. The predicted octanol–water partition coefficient (Wildman–Crippen LogP) is 2.76. The number of carbonyl (C=O) groups excluding carboxylic acids is 1. The van der Waals surface area contributed by atoms with Gasteiger partial charge in [0.2, 0.25) is 0 Å². The fourth-order valence-corrected chi connectivity index (χ4v) is 2.07. The second-order valence-corrected chi connectivity index (χ2v) is 4.91. The van der Waals surface area contributed by atoms with Gasteiger partial charge in [-0.15, -0.1) is 0 Å². The largest absolute Gasteiger partial charge is 0.481 e. The molecule has 0 saturated heterocycles. The van der Waals surface area contributed by atoms with E-state index < -0.39 is 6.10 Å². The van der Waals surface area contributed by atoms with E-state index in [1.165, 1.54) is 0 Å². The summed E-state index contributed by atoms with van der Waals surface area (Å²) in [7, 11) is 1.65. The number of fused-ring (bicyclic) bond motifs is 1. The molecule has 0 aliphatic rings. The highest BCUT2D eigenvalue weighted by molar-refractivity contribution is 5.84. The molecular weight excluding hydrogens is 266 g/mol. The van der Waals surface area contributed by atoms with Crippen LogP contribution in [-0.4, -0.2) is 32.3 Å². The Bertz CT molecular complexity index is 597. The summed E-state index contributed by atoms with van der Waals surface area (Å²) in [4.78, 5) is 11.9. The number of carbonyl (C=O) groups is 1. The van der Waals surface area contributed by atoms with Crippen LogP contribution in [0.5, 0.6) is 5.75 Å². The molecule has 0 heterocycles. The molecule has 112 valence electrons. The van der Waals surface area contributed by atoms with Gasteiger partial charge in [0.1, 0.15) is 5.75 Å². The van der Waals surface area contributed by atoms with Crippen molar-refractivity contribution in [3.8, 4) is 5.75 Å². The van der Waals surface area contributed by atoms with E-state index in [1.807, 2.05) is 42.5 Å². The van der Waals surface area contributed by atoms with Crippen LogP contribution in [0.2, 0.25) is 0 Å². The third-order valence-electron chi connectivity index (χ3n) is 3.23. The van der Waals surface area contributed by atoms with Crippen molar-refractivity contribution >= 4 is 16.7 Å². The summed E-state index contributed by atoms with van der Waals surface area (Å²) in [5.41, 5.74) is 0. The summed E-state index contributed by atoms with van der Waals surface area (Å²) in [5, 5.41) is 5.08. The quantitative estimate of drug-likeness (QED) is 0.797. The van der Waals surface area contributed by atoms with E-state index in [2.05, 4.69) is 5.32 Å². The van der Waals surface area contributed by atoms with E-state index in [1.54, 1.807) is 14.0 Å². The van der Waals surface area contributed by atoms with Crippen molar-refractivity contribution in [3.05, 3.63) is 42.5 Å². The zero-order valence-electron chi connectivity index (χ0n) is 12.5. The molecule has 0 bridgehead atoms. The van der Waals surface area contributed by atoms with Crippen LogP contribution in [0.4, 0.5) is 0 Å². The Hall–Kier alpha value is -2.07. The maximum Gasteiger partial charge on any atom is 0.260 e. The Morgan fingerprint density at radius 2 is 1.95 bits per heavy atom. The summed E-state index contributed by atoms with van der Waals surface area (Å²) in [5.74, 6) is 0.590. The van der Waals surface area contributed by atoms with E-state index in [4.69, 9.17) is 9.47 Å². The summed E-state index contributed by atoms with van der Waals surface area (Å²) in [6.07, 6.45) is 0.277. The smallest absolute Gasteiger partial charge is 0.260 e. The normalized spacial score (nSPS) is 12.1. The third-order valence-corrected chi connectivity index (χ3v) is 3.23. The van der Waals surface area contributed by atoms with Crippen molar-refractivity contribution in [1.82, 2.24) is 5.32 Å². The van der Waals surface area contributed by atoms with Crippen molar-refractivity contribution in [2.45, 2.75) is 19.4 Å². The van der Waals surface area contributed by atoms with Crippen LogP contribution in [0.15, 0.2) is 42.5 Å². The van der Waals surface area contributed by atoms with E-state index in [9.17, 15) is 4.79 Å². The molecule has 0 aliphatic heterocycles. The summed E-state index contributed by atoms with van der Waals surface area (Å²) in [6.45, 7) is 2.99.